The fourth-order valence-electron chi connectivity index (χ4n) is 5.86. The fraction of sp³-hybridized carbons (Fsp3) is 0.552. The average Bonchev–Trinajstić information content (AvgIpc) is 3.64. The molecule has 35 heavy (non-hydrogen) atoms. The zero-order valence-electron chi connectivity index (χ0n) is 20.5. The molecule has 1 N–H and O–H groups in total. The average molecular weight is 489 g/mol. The highest BCUT2D eigenvalue weighted by Crippen LogP contribution is 2.35. The highest BCUT2D eigenvalue weighted by Gasteiger charge is 2.26. The van der Waals surface area contributed by atoms with Crippen LogP contribution in [0.4, 0.5) is 0 Å². The summed E-state index contributed by atoms with van der Waals surface area (Å²) in [6.45, 7) is 3.40. The van der Waals surface area contributed by atoms with Crippen LogP contribution in [-0.2, 0) is 19.4 Å². The summed E-state index contributed by atoms with van der Waals surface area (Å²) < 4.78 is 0. The van der Waals surface area contributed by atoms with Crippen molar-refractivity contribution in [2.45, 2.75) is 76.8 Å². The molecule has 6 heteroatoms. The summed E-state index contributed by atoms with van der Waals surface area (Å²) >= 11 is 1.98. The lowest BCUT2D eigenvalue weighted by molar-refractivity contribution is 0.0921. The van der Waals surface area contributed by atoms with Crippen molar-refractivity contribution in [2.75, 3.05) is 13.1 Å². The van der Waals surface area contributed by atoms with E-state index in [2.05, 4.69) is 15.2 Å². The maximum absolute atomic E-state index is 13.0. The fourth-order valence-corrected chi connectivity index (χ4v) is 6.94. The molecule has 1 aliphatic heterocycles. The normalized spacial score (nSPS) is 22.7. The molecule has 0 unspecified atom stereocenters. The lowest BCUT2D eigenvalue weighted by Gasteiger charge is -2.32. The minimum atomic E-state index is 0.0379. The molecular formula is C29H36N4OS. The van der Waals surface area contributed by atoms with Crippen molar-refractivity contribution in [2.24, 2.45) is 11.8 Å². The van der Waals surface area contributed by atoms with Crippen LogP contribution in [-0.4, -0.2) is 39.9 Å². The SMILES string of the molecule is O=C(NC1CCC(CCN2CCc3sc(CCC4CC4)nc3C2)CC1)c1cccc2ncccc12. The summed E-state index contributed by atoms with van der Waals surface area (Å²) in [6.07, 6.45) is 14.2. The van der Waals surface area contributed by atoms with Gasteiger partial charge in [0.2, 0.25) is 0 Å². The molecule has 0 saturated heterocycles. The van der Waals surface area contributed by atoms with E-state index in [0.717, 1.165) is 47.7 Å². The topological polar surface area (TPSA) is 58.1 Å². The van der Waals surface area contributed by atoms with Crippen molar-refractivity contribution in [3.05, 3.63) is 57.7 Å². The number of fused-ring (bicyclic) bond motifs is 2. The summed E-state index contributed by atoms with van der Waals surface area (Å²) in [4.78, 5) is 26.5. The van der Waals surface area contributed by atoms with Gasteiger partial charge in [0.05, 0.1) is 16.2 Å². The first-order valence-corrected chi connectivity index (χ1v) is 14.4. The van der Waals surface area contributed by atoms with E-state index < -0.39 is 0 Å². The standard InChI is InChI=1S/C29H36N4OS/c34-29(24-3-1-5-25-23(24)4-2-16-30-25)31-22-11-8-21(9-12-22)14-17-33-18-15-27-26(19-33)32-28(35-27)13-10-20-6-7-20/h1-5,16,20-22H,6-15,17-19H2,(H,31,34). The maximum Gasteiger partial charge on any atom is 0.252 e. The zero-order chi connectivity index (χ0) is 23.6. The third-order valence-corrected chi connectivity index (χ3v) is 9.46. The van der Waals surface area contributed by atoms with Crippen molar-refractivity contribution in [3.63, 3.8) is 0 Å². The van der Waals surface area contributed by atoms with Gasteiger partial charge in [-0.05, 0) is 87.9 Å². The molecule has 3 aromatic rings. The minimum Gasteiger partial charge on any atom is -0.349 e. The Morgan fingerprint density at radius 1 is 1.03 bits per heavy atom. The number of amides is 1. The molecule has 2 aliphatic carbocycles. The molecule has 2 saturated carbocycles. The molecule has 1 aromatic carbocycles. The van der Waals surface area contributed by atoms with Crippen LogP contribution in [0.5, 0.6) is 0 Å². The molecule has 0 bridgehead atoms. The van der Waals surface area contributed by atoms with Gasteiger partial charge >= 0.3 is 0 Å². The van der Waals surface area contributed by atoms with E-state index in [1.165, 1.54) is 75.2 Å². The van der Waals surface area contributed by atoms with E-state index in [0.29, 0.717) is 0 Å². The number of pyridine rings is 1. The Labute approximate surface area is 212 Å². The van der Waals surface area contributed by atoms with Crippen molar-refractivity contribution < 1.29 is 4.79 Å². The number of hydrogen-bond acceptors (Lipinski definition) is 5. The number of thiazole rings is 1. The Kier molecular flexibility index (Phi) is 6.84. The number of hydrogen-bond donors (Lipinski definition) is 1. The quantitative estimate of drug-likeness (QED) is 0.437. The Morgan fingerprint density at radius 3 is 2.71 bits per heavy atom. The van der Waals surface area contributed by atoms with Crippen LogP contribution in [0.3, 0.4) is 0 Å². The van der Waals surface area contributed by atoms with Crippen molar-refractivity contribution >= 4 is 28.1 Å². The van der Waals surface area contributed by atoms with Gasteiger partial charge in [0.1, 0.15) is 0 Å². The smallest absolute Gasteiger partial charge is 0.252 e. The Bertz CT molecular complexity index is 1170. The summed E-state index contributed by atoms with van der Waals surface area (Å²) in [5.41, 5.74) is 2.97. The van der Waals surface area contributed by atoms with E-state index in [9.17, 15) is 4.79 Å². The molecule has 0 radical (unpaired) electrons. The zero-order valence-corrected chi connectivity index (χ0v) is 21.4. The number of aryl methyl sites for hydroxylation is 1. The number of carbonyl (C=O) groups is 1. The van der Waals surface area contributed by atoms with Gasteiger partial charge in [-0.1, -0.05) is 25.0 Å². The number of carbonyl (C=O) groups excluding carboxylic acids is 1. The van der Waals surface area contributed by atoms with Gasteiger partial charge in [0.15, 0.2) is 0 Å². The van der Waals surface area contributed by atoms with Crippen molar-refractivity contribution in [3.8, 4) is 0 Å². The second kappa shape index (κ2) is 10.4. The molecule has 2 fully saturated rings. The van der Waals surface area contributed by atoms with Crippen LogP contribution in [0.1, 0.15) is 77.3 Å². The number of aromatic nitrogens is 2. The van der Waals surface area contributed by atoms with Crippen LogP contribution < -0.4 is 5.32 Å². The first-order chi connectivity index (χ1) is 17.2. The lowest BCUT2D eigenvalue weighted by Crippen LogP contribution is -2.38. The van der Waals surface area contributed by atoms with Crippen LogP contribution in [0.25, 0.3) is 10.9 Å². The maximum atomic E-state index is 13.0. The van der Waals surface area contributed by atoms with Gasteiger partial charge in [-0.3, -0.25) is 14.7 Å². The number of nitrogens with one attached hydrogen (secondary N) is 1. The first kappa shape index (κ1) is 23.1. The van der Waals surface area contributed by atoms with E-state index in [1.54, 1.807) is 11.1 Å². The van der Waals surface area contributed by atoms with E-state index in [1.807, 2.05) is 41.7 Å². The number of benzene rings is 1. The number of rotatable bonds is 8. The highest BCUT2D eigenvalue weighted by molar-refractivity contribution is 7.11. The summed E-state index contributed by atoms with van der Waals surface area (Å²) in [5.74, 6) is 1.80. The van der Waals surface area contributed by atoms with Gasteiger partial charge in [0.25, 0.3) is 5.91 Å². The second-order valence-electron chi connectivity index (χ2n) is 10.8. The van der Waals surface area contributed by atoms with Crippen LogP contribution in [0, 0.1) is 11.8 Å². The highest BCUT2D eigenvalue weighted by atomic mass is 32.1. The molecular weight excluding hydrogens is 452 g/mol. The van der Waals surface area contributed by atoms with Gasteiger partial charge in [-0.2, -0.15) is 0 Å². The van der Waals surface area contributed by atoms with Crippen LogP contribution >= 0.6 is 11.3 Å². The first-order valence-electron chi connectivity index (χ1n) is 13.6. The van der Waals surface area contributed by atoms with E-state index in [-0.39, 0.29) is 11.9 Å². The molecule has 0 spiro atoms. The van der Waals surface area contributed by atoms with Crippen LogP contribution in [0.15, 0.2) is 36.5 Å². The van der Waals surface area contributed by atoms with Crippen LogP contribution in [0.2, 0.25) is 0 Å². The van der Waals surface area contributed by atoms with Gasteiger partial charge in [-0.25, -0.2) is 4.98 Å². The minimum absolute atomic E-state index is 0.0379. The lowest BCUT2D eigenvalue weighted by atomic mass is 9.84. The Morgan fingerprint density at radius 2 is 1.86 bits per heavy atom. The molecule has 3 heterocycles. The van der Waals surface area contributed by atoms with Gasteiger partial charge in [-0.15, -0.1) is 11.3 Å². The van der Waals surface area contributed by atoms with Gasteiger partial charge < -0.3 is 5.32 Å². The summed E-state index contributed by atoms with van der Waals surface area (Å²) in [7, 11) is 0. The second-order valence-corrected chi connectivity index (χ2v) is 12.0. The number of nitrogens with zero attached hydrogens (tertiary/aromatic N) is 3. The summed E-state index contributed by atoms with van der Waals surface area (Å²) in [6, 6.07) is 9.96. The molecule has 5 nitrogen and oxygen atoms in total. The molecule has 0 atom stereocenters. The van der Waals surface area contributed by atoms with Crippen molar-refractivity contribution in [1.29, 1.82) is 0 Å². The van der Waals surface area contributed by atoms with Gasteiger partial charge in [0, 0.05) is 41.2 Å². The molecule has 184 valence electrons. The molecule has 1 amide bonds. The predicted octanol–water partition coefficient (Wildman–Crippen LogP) is 5.77. The Balaban J connectivity index is 0.950. The molecule has 2 aromatic heterocycles. The van der Waals surface area contributed by atoms with E-state index >= 15 is 0 Å². The van der Waals surface area contributed by atoms with E-state index in [4.69, 9.17) is 4.98 Å². The Hall–Kier alpha value is -2.31. The van der Waals surface area contributed by atoms with Crippen molar-refractivity contribution in [1.82, 2.24) is 20.2 Å². The molecule has 3 aliphatic rings. The summed E-state index contributed by atoms with van der Waals surface area (Å²) in [5, 5.41) is 5.61. The third-order valence-electron chi connectivity index (χ3n) is 8.24. The molecule has 6 rings (SSSR count). The third kappa shape index (κ3) is 5.59. The largest absolute Gasteiger partial charge is 0.349 e. The monoisotopic (exact) mass is 488 g/mol. The predicted molar refractivity (Wildman–Crippen MR) is 142 cm³/mol.